The van der Waals surface area contributed by atoms with Gasteiger partial charge < -0.3 is 22.8 Å². The molecule has 2 aromatic carbocycles. The Kier molecular flexibility index (Phi) is 5.68. The van der Waals surface area contributed by atoms with Gasteiger partial charge in [0.05, 0.1) is 19.2 Å². The third-order valence-corrected chi connectivity index (χ3v) is 3.60. The molecule has 0 fully saturated rings. The van der Waals surface area contributed by atoms with Crippen LogP contribution < -0.4 is 17.7 Å². The average molecular weight is 329 g/mol. The van der Waals surface area contributed by atoms with Crippen LogP contribution in [0.3, 0.4) is 0 Å². The number of hydrogen-bond donors (Lipinski definition) is 2. The predicted octanol–water partition coefficient (Wildman–Crippen LogP) is -0.588. The zero-order valence-corrected chi connectivity index (χ0v) is 13.2. The van der Waals surface area contributed by atoms with Crippen LogP contribution in [0.2, 0.25) is 0 Å². The van der Waals surface area contributed by atoms with E-state index in [9.17, 15) is 9.90 Å². The van der Waals surface area contributed by atoms with Crippen molar-refractivity contribution < 1.29 is 27.6 Å². The van der Waals surface area contributed by atoms with Crippen molar-refractivity contribution in [1.29, 1.82) is 0 Å². The summed E-state index contributed by atoms with van der Waals surface area (Å²) in [4.78, 5) is 16.3. The molecular weight excluding hydrogens is 312 g/mol. The van der Waals surface area contributed by atoms with Gasteiger partial charge in [-0.15, -0.1) is 0 Å². The number of phenolic OH excluding ortho intramolecular Hbond substituents is 1. The summed E-state index contributed by atoms with van der Waals surface area (Å²) in [6.07, 6.45) is 4.07. The van der Waals surface area contributed by atoms with E-state index in [-0.39, 0.29) is 23.9 Å². The van der Waals surface area contributed by atoms with E-state index in [0.717, 1.165) is 16.5 Å². The summed E-state index contributed by atoms with van der Waals surface area (Å²) in [6.45, 7) is 0.643. The molecule has 1 heterocycles. The van der Waals surface area contributed by atoms with Crippen molar-refractivity contribution in [3.8, 4) is 5.75 Å². The summed E-state index contributed by atoms with van der Waals surface area (Å²) in [6, 6.07) is 14.5. The largest absolute Gasteiger partial charge is 1.00 e. The lowest BCUT2D eigenvalue weighted by molar-refractivity contribution is -0.568. The van der Waals surface area contributed by atoms with Crippen molar-refractivity contribution in [2.75, 3.05) is 6.54 Å². The SMILES string of the molecule is O=C(CC[NH2+]c1cncc2ccccc12)c1cccc(O)c1.[Cl-]. The van der Waals surface area contributed by atoms with Crippen molar-refractivity contribution in [3.05, 3.63) is 66.5 Å². The molecule has 5 heteroatoms. The number of rotatable bonds is 5. The minimum absolute atomic E-state index is 0. The molecule has 0 spiro atoms. The van der Waals surface area contributed by atoms with Crippen molar-refractivity contribution >= 4 is 22.2 Å². The number of benzene rings is 2. The molecule has 0 radical (unpaired) electrons. The molecule has 3 rings (SSSR count). The molecule has 0 unspecified atom stereocenters. The highest BCUT2D eigenvalue weighted by Gasteiger charge is 2.09. The van der Waals surface area contributed by atoms with Crippen LogP contribution in [0.15, 0.2) is 60.9 Å². The Morgan fingerprint density at radius 3 is 2.74 bits per heavy atom. The number of quaternary nitrogens is 1. The minimum atomic E-state index is 0. The molecule has 1 aromatic heterocycles. The van der Waals surface area contributed by atoms with E-state index in [1.165, 1.54) is 6.07 Å². The lowest BCUT2D eigenvalue weighted by Crippen LogP contribution is -3.00. The molecule has 0 aliphatic rings. The van der Waals surface area contributed by atoms with Crippen LogP contribution in [0, 0.1) is 0 Å². The molecule has 3 aromatic rings. The van der Waals surface area contributed by atoms with Crippen molar-refractivity contribution in [1.82, 2.24) is 4.98 Å². The van der Waals surface area contributed by atoms with E-state index in [2.05, 4.69) is 11.1 Å². The predicted molar refractivity (Wildman–Crippen MR) is 85.2 cm³/mol. The number of aromatic hydroxyl groups is 1. The van der Waals surface area contributed by atoms with Gasteiger partial charge in [-0.1, -0.05) is 30.3 Å². The number of nitrogens with two attached hydrogens (primary N) is 1. The van der Waals surface area contributed by atoms with E-state index in [4.69, 9.17) is 0 Å². The number of carbonyl (C=O) groups excluding carboxylic acids is 1. The maximum Gasteiger partial charge on any atom is 0.168 e. The highest BCUT2D eigenvalue weighted by Crippen LogP contribution is 2.17. The first-order valence-electron chi connectivity index (χ1n) is 7.22. The summed E-state index contributed by atoms with van der Waals surface area (Å²) >= 11 is 0. The summed E-state index contributed by atoms with van der Waals surface area (Å²) < 4.78 is 0. The van der Waals surface area contributed by atoms with Crippen LogP contribution in [-0.4, -0.2) is 22.4 Å². The number of hydrogen-bond acceptors (Lipinski definition) is 3. The van der Waals surface area contributed by atoms with Crippen molar-refractivity contribution in [2.24, 2.45) is 0 Å². The molecule has 23 heavy (non-hydrogen) atoms. The fourth-order valence-electron chi connectivity index (χ4n) is 2.49. The molecule has 0 aliphatic carbocycles. The van der Waals surface area contributed by atoms with Gasteiger partial charge in [0, 0.05) is 22.5 Å². The first-order chi connectivity index (χ1) is 10.7. The summed E-state index contributed by atoms with van der Waals surface area (Å²) in [7, 11) is 0. The van der Waals surface area contributed by atoms with Gasteiger partial charge in [-0.3, -0.25) is 9.78 Å². The number of phenols is 1. The lowest BCUT2D eigenvalue weighted by Gasteiger charge is -2.04. The monoisotopic (exact) mass is 328 g/mol. The number of nitrogens with zero attached hydrogens (tertiary/aromatic N) is 1. The Hall–Kier alpha value is -2.43. The van der Waals surface area contributed by atoms with E-state index in [1.54, 1.807) is 18.2 Å². The van der Waals surface area contributed by atoms with Crippen LogP contribution in [0.1, 0.15) is 16.8 Å². The Morgan fingerprint density at radius 1 is 1.09 bits per heavy atom. The van der Waals surface area contributed by atoms with Gasteiger partial charge in [0.15, 0.2) is 11.5 Å². The van der Waals surface area contributed by atoms with Gasteiger partial charge >= 0.3 is 0 Å². The van der Waals surface area contributed by atoms with Crippen molar-refractivity contribution in [3.63, 3.8) is 0 Å². The van der Waals surface area contributed by atoms with Gasteiger partial charge in [-0.05, 0) is 18.2 Å². The van der Waals surface area contributed by atoms with Crippen molar-refractivity contribution in [2.45, 2.75) is 6.42 Å². The summed E-state index contributed by atoms with van der Waals surface area (Å²) in [5.74, 6) is 0.147. The second kappa shape index (κ2) is 7.72. The number of Topliss-reactive ketones (excluding diaryl/α,β-unsaturated/α-hetero) is 1. The fraction of sp³-hybridized carbons (Fsp3) is 0.111. The third-order valence-electron chi connectivity index (χ3n) is 3.60. The van der Waals surface area contributed by atoms with Crippen LogP contribution >= 0.6 is 0 Å². The first-order valence-corrected chi connectivity index (χ1v) is 7.22. The Balaban J connectivity index is 0.00000192. The Morgan fingerprint density at radius 2 is 1.91 bits per heavy atom. The topological polar surface area (TPSA) is 66.8 Å². The van der Waals surface area contributed by atoms with E-state index >= 15 is 0 Å². The van der Waals surface area contributed by atoms with E-state index in [0.29, 0.717) is 18.5 Å². The van der Waals surface area contributed by atoms with E-state index < -0.39 is 0 Å². The zero-order chi connectivity index (χ0) is 15.4. The molecule has 0 aliphatic heterocycles. The lowest BCUT2D eigenvalue weighted by atomic mass is 10.1. The molecule has 0 bridgehead atoms. The third kappa shape index (κ3) is 4.06. The molecule has 0 saturated carbocycles. The van der Waals surface area contributed by atoms with Gasteiger partial charge in [0.2, 0.25) is 0 Å². The smallest absolute Gasteiger partial charge is 0.168 e. The molecule has 118 valence electrons. The normalized spacial score (nSPS) is 10.3. The number of fused-ring (bicyclic) bond motifs is 1. The number of ketones is 1. The molecule has 3 N–H and O–H groups in total. The maximum atomic E-state index is 12.1. The van der Waals surface area contributed by atoms with Crippen LogP contribution in [0.4, 0.5) is 5.69 Å². The van der Waals surface area contributed by atoms with Crippen LogP contribution in [0.25, 0.3) is 10.8 Å². The second-order valence-corrected chi connectivity index (χ2v) is 5.17. The van der Waals surface area contributed by atoms with E-state index in [1.807, 2.05) is 35.9 Å². The quantitative estimate of drug-likeness (QED) is 0.615. The molecule has 0 atom stereocenters. The van der Waals surface area contributed by atoms with Crippen LogP contribution in [-0.2, 0) is 0 Å². The Bertz CT molecular complexity index is 815. The molecule has 0 saturated heterocycles. The number of carbonyl (C=O) groups is 1. The standard InChI is InChI=1S/C18H16N2O2.ClH/c21-15-6-3-5-13(10-15)18(22)8-9-20-17-12-19-11-14-4-1-2-7-16(14)17;/h1-7,10-12,20-21H,8-9H2;1H. The highest BCUT2D eigenvalue weighted by molar-refractivity contribution is 5.96. The number of halogens is 1. The molecular formula is C18H17ClN2O2. The fourth-order valence-corrected chi connectivity index (χ4v) is 2.49. The zero-order valence-electron chi connectivity index (χ0n) is 12.4. The Labute approximate surface area is 140 Å². The number of pyridine rings is 1. The van der Waals surface area contributed by atoms with Crippen LogP contribution in [0.5, 0.6) is 5.75 Å². The number of aromatic nitrogens is 1. The minimum Gasteiger partial charge on any atom is -1.00 e. The molecule has 4 nitrogen and oxygen atoms in total. The maximum absolute atomic E-state index is 12.1. The highest BCUT2D eigenvalue weighted by atomic mass is 35.5. The first kappa shape index (κ1) is 16.9. The van der Waals surface area contributed by atoms with Gasteiger partial charge in [0.1, 0.15) is 5.75 Å². The summed E-state index contributed by atoms with van der Waals surface area (Å²) in [5, 5.41) is 13.7. The average Bonchev–Trinajstić information content (AvgIpc) is 2.55. The van der Waals surface area contributed by atoms with Gasteiger partial charge in [-0.2, -0.15) is 0 Å². The molecule has 0 amide bonds. The second-order valence-electron chi connectivity index (χ2n) is 5.17. The summed E-state index contributed by atoms with van der Waals surface area (Å²) in [5.41, 5.74) is 1.59. The van der Waals surface area contributed by atoms with Gasteiger partial charge in [-0.25, -0.2) is 0 Å². The van der Waals surface area contributed by atoms with Gasteiger partial charge in [0.25, 0.3) is 0 Å².